The van der Waals surface area contributed by atoms with Gasteiger partial charge in [-0.1, -0.05) is 211 Å². The topological polar surface area (TPSA) is 201 Å². The maximum atomic E-state index is 13.2. The fourth-order valence-electron chi connectivity index (χ4n) is 7.04. The molecular weight excluding hydrogens is 827 g/mol. The van der Waals surface area contributed by atoms with Crippen LogP contribution in [0.15, 0.2) is 183 Å². The Hall–Kier alpha value is -7.75. The number of benzene rings is 4. The van der Waals surface area contributed by atoms with Gasteiger partial charge in [0, 0.05) is 63.9 Å². The number of rotatable bonds is 12. The highest BCUT2D eigenvalue weighted by Gasteiger charge is 2.35. The van der Waals surface area contributed by atoms with Crippen LogP contribution >= 0.6 is 0 Å². The Balaban J connectivity index is 0.000000244. The van der Waals surface area contributed by atoms with Crippen LogP contribution in [0.4, 0.5) is 17.1 Å². The molecule has 4 aromatic rings. The zero-order valence-corrected chi connectivity index (χ0v) is 37.9. The molecule has 2 fully saturated rings. The van der Waals surface area contributed by atoms with Crippen LogP contribution in [0.2, 0.25) is 25.2 Å². The van der Waals surface area contributed by atoms with Crippen LogP contribution in [0.1, 0.15) is 53.5 Å². The van der Waals surface area contributed by atoms with Gasteiger partial charge in [-0.2, -0.15) is 0 Å². The zero-order chi connectivity index (χ0) is 46.6. The fourth-order valence-corrected chi connectivity index (χ4v) is 8.71. The first kappa shape index (κ1) is 48.3. The first-order valence-electron chi connectivity index (χ1n) is 21.1. The van der Waals surface area contributed by atoms with Gasteiger partial charge < -0.3 is 5.11 Å². The van der Waals surface area contributed by atoms with Crippen molar-refractivity contribution in [1.29, 1.82) is 0 Å². The molecule has 4 aromatic carbocycles. The second-order valence-corrected chi connectivity index (χ2v) is 22.2. The van der Waals surface area contributed by atoms with Crippen LogP contribution in [0.25, 0.3) is 55.6 Å². The molecule has 6 rings (SSSR count). The van der Waals surface area contributed by atoms with Crippen molar-refractivity contribution in [3.8, 4) is 0 Å². The lowest BCUT2D eigenvalue weighted by Crippen LogP contribution is -2.33. The lowest BCUT2D eigenvalue weighted by Gasteiger charge is -2.34. The molecular formula is C52H51N9O3Si. The summed E-state index contributed by atoms with van der Waals surface area (Å²) in [6, 6.07) is 29.8. The van der Waals surface area contributed by atoms with Crippen molar-refractivity contribution in [3.05, 3.63) is 227 Å². The maximum Gasteiger partial charge on any atom is 0.185 e. The number of hydrogen-bond donors (Lipinski definition) is 1. The summed E-state index contributed by atoms with van der Waals surface area (Å²) >= 11 is 0. The van der Waals surface area contributed by atoms with Crippen molar-refractivity contribution < 1.29 is 14.7 Å². The first-order chi connectivity index (χ1) is 31.3. The van der Waals surface area contributed by atoms with Gasteiger partial charge in [-0.05, 0) is 75.3 Å². The molecule has 0 radical (unpaired) electrons. The number of allylic oxidation sites excluding steroid dienone is 10. The highest BCUT2D eigenvalue weighted by atomic mass is 28.3. The SMILES string of the molecule is Cc1ccc(/C=C/C=C2\CC([Si](C)(C)C)C/C(=C\C=C\c3ccc(N=[N+]=[N-])cc3)C2=O)cc1.[N-]=[N+]=Nc1ccc(/C=C/C=C2\CC(O)C/C(=C\C=C\c3ccc(N=[N+]=[N-])cc3)C2=O)cc1. The van der Waals surface area contributed by atoms with Crippen LogP contribution in [0.5, 0.6) is 0 Å². The number of carbonyl (C=O) groups excluding carboxylic acids is 2. The normalized spacial score (nSPS) is 19.2. The highest BCUT2D eigenvalue weighted by Crippen LogP contribution is 2.40. The number of aliphatic hydroxyl groups is 1. The number of ketones is 2. The third-order valence-corrected chi connectivity index (χ3v) is 13.7. The molecule has 2 saturated carbocycles. The molecule has 1 N–H and O–H groups in total. The van der Waals surface area contributed by atoms with E-state index in [-0.39, 0.29) is 11.6 Å². The molecule has 2 aliphatic carbocycles. The molecule has 65 heavy (non-hydrogen) atoms. The van der Waals surface area contributed by atoms with Gasteiger partial charge in [0.2, 0.25) is 0 Å². The van der Waals surface area contributed by atoms with E-state index in [1.54, 1.807) is 60.7 Å². The Kier molecular flexibility index (Phi) is 18.0. The number of aliphatic hydroxyl groups excluding tert-OH is 1. The molecule has 13 heteroatoms. The third kappa shape index (κ3) is 15.5. The Morgan fingerprint density at radius 1 is 0.492 bits per heavy atom. The van der Waals surface area contributed by atoms with E-state index in [0.717, 1.165) is 46.2 Å². The van der Waals surface area contributed by atoms with E-state index in [0.29, 0.717) is 46.6 Å². The molecule has 0 spiro atoms. The minimum absolute atomic E-state index is 0.0815. The van der Waals surface area contributed by atoms with Crippen LogP contribution < -0.4 is 0 Å². The predicted octanol–water partition coefficient (Wildman–Crippen LogP) is 15.5. The van der Waals surface area contributed by atoms with E-state index in [2.05, 4.69) is 87.0 Å². The average molecular weight is 878 g/mol. The summed E-state index contributed by atoms with van der Waals surface area (Å²) in [5.41, 5.74) is 35.6. The van der Waals surface area contributed by atoms with Crippen molar-refractivity contribution in [2.45, 2.75) is 63.9 Å². The number of Topliss-reactive ketones (excluding diaryl/α,β-unsaturated/α-hetero) is 2. The van der Waals surface area contributed by atoms with E-state index >= 15 is 0 Å². The van der Waals surface area contributed by atoms with Crippen LogP contribution in [0.3, 0.4) is 0 Å². The van der Waals surface area contributed by atoms with Gasteiger partial charge in [0.15, 0.2) is 11.6 Å². The minimum atomic E-state index is -1.42. The number of carbonyl (C=O) groups is 2. The third-order valence-electron chi connectivity index (χ3n) is 10.8. The lowest BCUT2D eigenvalue weighted by molar-refractivity contribution is -0.114. The van der Waals surface area contributed by atoms with Gasteiger partial charge in [0.25, 0.3) is 0 Å². The molecule has 12 nitrogen and oxygen atoms in total. The van der Waals surface area contributed by atoms with Crippen molar-refractivity contribution in [2.24, 2.45) is 15.3 Å². The molecule has 0 aliphatic heterocycles. The molecule has 326 valence electrons. The zero-order valence-electron chi connectivity index (χ0n) is 36.9. The minimum Gasteiger partial charge on any atom is -0.392 e. The van der Waals surface area contributed by atoms with E-state index < -0.39 is 14.2 Å². The van der Waals surface area contributed by atoms with E-state index in [1.165, 1.54) is 5.56 Å². The summed E-state index contributed by atoms with van der Waals surface area (Å²) in [4.78, 5) is 34.3. The molecule has 0 aromatic heterocycles. The second kappa shape index (κ2) is 24.2. The molecule has 0 bridgehead atoms. The molecule has 1 atom stereocenters. The Labute approximate surface area is 380 Å². The standard InChI is InChI=1S/C28H31N3OSi.C24H20N6O2/c1-21-11-13-22(14-12-21)7-5-9-24-19-27(33(2,3)4)20-25(28(24)32)10-6-8-23-15-17-26(18-16-23)30-31-29;25-29-27-21-11-7-17(8-12-21)3-1-5-19-15-23(31)16-20(24(19)32)6-2-4-18-9-13-22(14-10-18)28-30-26/h5-18,27H,19-20H2,1-4H3;1-14,23,31H,15-16H2/b7-5+,8-6+,24-9+,25-10+;3-1+,4-2+,19-5+,20-6+. The highest BCUT2D eigenvalue weighted by molar-refractivity contribution is 6.77. The molecule has 1 unspecified atom stereocenters. The predicted molar refractivity (Wildman–Crippen MR) is 267 cm³/mol. The molecule has 2 aliphatic rings. The van der Waals surface area contributed by atoms with Crippen molar-refractivity contribution in [1.82, 2.24) is 0 Å². The number of azide groups is 3. The monoisotopic (exact) mass is 877 g/mol. The number of hydrogen-bond acceptors (Lipinski definition) is 6. The molecule has 0 amide bonds. The summed E-state index contributed by atoms with van der Waals surface area (Å²) < 4.78 is 0. The number of aryl methyl sites for hydroxylation is 1. The summed E-state index contributed by atoms with van der Waals surface area (Å²) in [7, 11) is -1.42. The summed E-state index contributed by atoms with van der Waals surface area (Å²) in [5.74, 6) is 0.0726. The van der Waals surface area contributed by atoms with Gasteiger partial charge in [-0.3, -0.25) is 9.59 Å². The van der Waals surface area contributed by atoms with E-state index in [4.69, 9.17) is 16.6 Å². The van der Waals surface area contributed by atoms with Gasteiger partial charge in [-0.25, -0.2) is 0 Å². The van der Waals surface area contributed by atoms with Gasteiger partial charge in [-0.15, -0.1) is 0 Å². The quantitative estimate of drug-likeness (QED) is 0.0486. The van der Waals surface area contributed by atoms with E-state index in [1.807, 2.05) is 78.9 Å². The van der Waals surface area contributed by atoms with Gasteiger partial charge in [0.1, 0.15) is 0 Å². The summed E-state index contributed by atoms with van der Waals surface area (Å²) in [5, 5.41) is 20.8. The van der Waals surface area contributed by atoms with E-state index in [9.17, 15) is 14.7 Å². The van der Waals surface area contributed by atoms with Crippen molar-refractivity contribution >= 4 is 61.0 Å². The Bertz CT molecular complexity index is 2640. The van der Waals surface area contributed by atoms with Crippen LogP contribution in [0, 0.1) is 6.92 Å². The summed E-state index contributed by atoms with van der Waals surface area (Å²) in [6.45, 7) is 9.22. The van der Waals surface area contributed by atoms with Gasteiger partial charge in [0.05, 0.1) is 6.10 Å². The van der Waals surface area contributed by atoms with Gasteiger partial charge >= 0.3 is 0 Å². The largest absolute Gasteiger partial charge is 0.392 e. The Morgan fingerprint density at radius 2 is 0.769 bits per heavy atom. The maximum absolute atomic E-state index is 13.2. The lowest BCUT2D eigenvalue weighted by atomic mass is 9.86. The second-order valence-electron chi connectivity index (χ2n) is 16.6. The average Bonchev–Trinajstić information content (AvgIpc) is 3.29. The van der Waals surface area contributed by atoms with Crippen molar-refractivity contribution in [2.75, 3.05) is 0 Å². The van der Waals surface area contributed by atoms with Crippen molar-refractivity contribution in [3.63, 3.8) is 0 Å². The van der Waals surface area contributed by atoms with Crippen LogP contribution in [-0.4, -0.2) is 30.9 Å². The Morgan fingerprint density at radius 3 is 1.05 bits per heavy atom. The first-order valence-corrected chi connectivity index (χ1v) is 24.7. The van der Waals surface area contributed by atoms with Crippen LogP contribution in [-0.2, 0) is 9.59 Å². The molecule has 0 saturated heterocycles. The molecule has 0 heterocycles. The fraction of sp³-hybridized carbons (Fsp3) is 0.192. The summed E-state index contributed by atoms with van der Waals surface area (Å²) in [6.07, 6.45) is 24.3. The number of nitrogens with zero attached hydrogens (tertiary/aromatic N) is 9. The smallest absolute Gasteiger partial charge is 0.185 e.